The number of fused-ring (bicyclic) bond motifs is 3. The number of hydrogen-bond acceptors (Lipinski definition) is 4. The van der Waals surface area contributed by atoms with Crippen molar-refractivity contribution in [3.05, 3.63) is 84.9 Å². The number of aromatic amines is 2. The molecule has 146 valence electrons. The van der Waals surface area contributed by atoms with Gasteiger partial charge in [-0.25, -0.2) is 0 Å². The lowest BCUT2D eigenvalue weighted by molar-refractivity contribution is 0.412. The van der Waals surface area contributed by atoms with Gasteiger partial charge in [0.25, 0.3) is 5.56 Å². The summed E-state index contributed by atoms with van der Waals surface area (Å²) >= 11 is 8.75. The van der Waals surface area contributed by atoms with Crippen molar-refractivity contribution in [1.82, 2.24) is 19.9 Å². The molecule has 3 heterocycles. The van der Waals surface area contributed by atoms with E-state index in [1.807, 2.05) is 42.5 Å². The van der Waals surface area contributed by atoms with Crippen LogP contribution in [0.25, 0.3) is 16.6 Å². The molecule has 2 aromatic carbocycles. The van der Waals surface area contributed by atoms with Crippen molar-refractivity contribution in [2.24, 2.45) is 0 Å². The molecule has 2 aromatic heterocycles. The van der Waals surface area contributed by atoms with E-state index in [2.05, 4.69) is 37.3 Å². The maximum atomic E-state index is 12.9. The zero-order valence-corrected chi connectivity index (χ0v) is 17.6. The Hall–Kier alpha value is -2.68. The van der Waals surface area contributed by atoms with Gasteiger partial charge in [-0.15, -0.1) is 0 Å². The average molecular weight is 469 g/mol. The summed E-state index contributed by atoms with van der Waals surface area (Å²) in [5.41, 5.74) is 3.60. The standard InChI is InChI=1S/C21H17BrN4O2S/c22-11-5-7-12(8-6-11)26-20(28)16(19(27)25-21(26)29)18-17-14(9-10-23-18)13-3-1-2-4-15(13)24-17/h1-8,18,23-24,28H,9-10H2,(H,25,27,29). The highest BCUT2D eigenvalue weighted by molar-refractivity contribution is 9.10. The molecule has 1 aliphatic rings. The zero-order chi connectivity index (χ0) is 20.1. The lowest BCUT2D eigenvalue weighted by Crippen LogP contribution is -2.35. The second-order valence-electron chi connectivity index (χ2n) is 7.01. The SMILES string of the molecule is O=c1[nH]c(=S)n(-c2ccc(Br)cc2)c(O)c1C1NCCc2c1[nH]c1ccccc21. The number of aromatic nitrogens is 3. The van der Waals surface area contributed by atoms with Gasteiger partial charge in [0, 0.05) is 27.6 Å². The van der Waals surface area contributed by atoms with Crippen LogP contribution in [-0.4, -0.2) is 26.2 Å². The maximum absolute atomic E-state index is 12.9. The normalized spacial score (nSPS) is 16.1. The van der Waals surface area contributed by atoms with Crippen LogP contribution in [0.3, 0.4) is 0 Å². The van der Waals surface area contributed by atoms with Crippen molar-refractivity contribution in [3.8, 4) is 11.6 Å². The minimum absolute atomic E-state index is 0.145. The van der Waals surface area contributed by atoms with Gasteiger partial charge in [-0.3, -0.25) is 14.3 Å². The Kier molecular flexibility index (Phi) is 4.42. The van der Waals surface area contributed by atoms with Gasteiger partial charge < -0.3 is 15.4 Å². The smallest absolute Gasteiger partial charge is 0.260 e. The van der Waals surface area contributed by atoms with Crippen molar-refractivity contribution in [3.63, 3.8) is 0 Å². The second kappa shape index (κ2) is 6.98. The summed E-state index contributed by atoms with van der Waals surface area (Å²) in [7, 11) is 0. The number of benzene rings is 2. The van der Waals surface area contributed by atoms with E-state index in [0.29, 0.717) is 12.2 Å². The van der Waals surface area contributed by atoms with Crippen molar-refractivity contribution in [1.29, 1.82) is 0 Å². The van der Waals surface area contributed by atoms with Gasteiger partial charge >= 0.3 is 0 Å². The molecule has 1 unspecified atom stereocenters. The van der Waals surface area contributed by atoms with Crippen LogP contribution in [0.2, 0.25) is 0 Å². The van der Waals surface area contributed by atoms with Crippen LogP contribution >= 0.6 is 28.1 Å². The molecule has 8 heteroatoms. The Bertz CT molecular complexity index is 1350. The van der Waals surface area contributed by atoms with E-state index in [9.17, 15) is 9.90 Å². The van der Waals surface area contributed by atoms with E-state index in [-0.39, 0.29) is 16.2 Å². The molecule has 4 aromatic rings. The number of rotatable bonds is 2. The zero-order valence-electron chi connectivity index (χ0n) is 15.2. The van der Waals surface area contributed by atoms with Gasteiger partial charge in [-0.2, -0.15) is 0 Å². The molecule has 5 rings (SSSR count). The molecule has 0 bridgehead atoms. The highest BCUT2D eigenvalue weighted by Gasteiger charge is 2.30. The number of para-hydroxylation sites is 1. The third-order valence-electron chi connectivity index (χ3n) is 5.35. The predicted octanol–water partition coefficient (Wildman–Crippen LogP) is 4.08. The van der Waals surface area contributed by atoms with E-state index >= 15 is 0 Å². The van der Waals surface area contributed by atoms with Crippen molar-refractivity contribution in [2.75, 3.05) is 6.54 Å². The van der Waals surface area contributed by atoms with Crippen LogP contribution in [0.4, 0.5) is 0 Å². The van der Waals surface area contributed by atoms with Gasteiger partial charge in [-0.05, 0) is 54.5 Å². The molecule has 0 amide bonds. The van der Waals surface area contributed by atoms with Crippen LogP contribution in [0.1, 0.15) is 22.9 Å². The van der Waals surface area contributed by atoms with Gasteiger partial charge in [-0.1, -0.05) is 34.1 Å². The number of aromatic hydroxyl groups is 1. The fraction of sp³-hybridized carbons (Fsp3) is 0.143. The van der Waals surface area contributed by atoms with E-state index in [0.717, 1.165) is 27.5 Å². The first-order valence-electron chi connectivity index (χ1n) is 9.21. The lowest BCUT2D eigenvalue weighted by atomic mass is 9.95. The fourth-order valence-corrected chi connectivity index (χ4v) is 4.60. The van der Waals surface area contributed by atoms with Gasteiger partial charge in [0.15, 0.2) is 4.77 Å². The number of halogens is 1. The van der Waals surface area contributed by atoms with E-state index in [4.69, 9.17) is 12.2 Å². The first kappa shape index (κ1) is 18.4. The Labute approximate surface area is 179 Å². The van der Waals surface area contributed by atoms with Crippen LogP contribution in [0.15, 0.2) is 57.8 Å². The lowest BCUT2D eigenvalue weighted by Gasteiger charge is -2.25. The summed E-state index contributed by atoms with van der Waals surface area (Å²) in [4.78, 5) is 19.0. The van der Waals surface area contributed by atoms with Gasteiger partial charge in [0.2, 0.25) is 5.88 Å². The predicted molar refractivity (Wildman–Crippen MR) is 118 cm³/mol. The number of nitrogens with one attached hydrogen (secondary N) is 3. The highest BCUT2D eigenvalue weighted by atomic mass is 79.9. The molecule has 4 N–H and O–H groups in total. The first-order valence-corrected chi connectivity index (χ1v) is 10.4. The molecule has 1 aliphatic heterocycles. The van der Waals surface area contributed by atoms with Crippen molar-refractivity contribution >= 4 is 39.1 Å². The average Bonchev–Trinajstić information content (AvgIpc) is 3.09. The molecule has 29 heavy (non-hydrogen) atoms. The van der Waals surface area contributed by atoms with E-state index in [1.165, 1.54) is 10.1 Å². The topological polar surface area (TPSA) is 85.8 Å². The maximum Gasteiger partial charge on any atom is 0.260 e. The Morgan fingerprint density at radius 2 is 1.86 bits per heavy atom. The Balaban J connectivity index is 1.74. The first-order chi connectivity index (χ1) is 14.0. The van der Waals surface area contributed by atoms with Gasteiger partial charge in [0.1, 0.15) is 5.56 Å². The summed E-state index contributed by atoms with van der Waals surface area (Å²) in [5.74, 6) is -0.162. The molecule has 0 radical (unpaired) electrons. The van der Waals surface area contributed by atoms with Crippen molar-refractivity contribution < 1.29 is 5.11 Å². The minimum Gasteiger partial charge on any atom is -0.494 e. The molecule has 0 saturated heterocycles. The molecule has 1 atom stereocenters. The van der Waals surface area contributed by atoms with Gasteiger partial charge in [0.05, 0.1) is 11.7 Å². The molecule has 0 aliphatic carbocycles. The van der Waals surface area contributed by atoms with E-state index in [1.54, 1.807) is 0 Å². The molecule has 0 saturated carbocycles. The molecular formula is C21H17BrN4O2S. The third kappa shape index (κ3) is 2.95. The monoisotopic (exact) mass is 468 g/mol. The Morgan fingerprint density at radius 3 is 2.66 bits per heavy atom. The quantitative estimate of drug-likeness (QED) is 0.334. The summed E-state index contributed by atoms with van der Waals surface area (Å²) in [6, 6.07) is 15.0. The van der Waals surface area contributed by atoms with Crippen molar-refractivity contribution in [2.45, 2.75) is 12.5 Å². The summed E-state index contributed by atoms with van der Waals surface area (Å²) < 4.78 is 2.54. The van der Waals surface area contributed by atoms with Crippen LogP contribution in [0.5, 0.6) is 5.88 Å². The second-order valence-corrected chi connectivity index (χ2v) is 8.31. The number of hydrogen-bond donors (Lipinski definition) is 4. The minimum atomic E-state index is -0.466. The molecule has 6 nitrogen and oxygen atoms in total. The van der Waals surface area contributed by atoms with E-state index < -0.39 is 11.6 Å². The third-order valence-corrected chi connectivity index (χ3v) is 6.17. The summed E-state index contributed by atoms with van der Waals surface area (Å²) in [6.07, 6.45) is 0.848. The summed E-state index contributed by atoms with van der Waals surface area (Å²) in [6.45, 7) is 0.701. The largest absolute Gasteiger partial charge is 0.494 e. The number of nitrogens with zero attached hydrogens (tertiary/aromatic N) is 1. The van der Waals surface area contributed by atoms with Crippen LogP contribution < -0.4 is 10.9 Å². The van der Waals surface area contributed by atoms with Crippen LogP contribution in [0, 0.1) is 4.77 Å². The number of H-pyrrole nitrogens is 2. The highest BCUT2D eigenvalue weighted by Crippen LogP contribution is 2.35. The molecule has 0 fully saturated rings. The Morgan fingerprint density at radius 1 is 1.10 bits per heavy atom. The molecular weight excluding hydrogens is 452 g/mol. The fourth-order valence-electron chi connectivity index (χ4n) is 4.06. The van der Waals surface area contributed by atoms with Crippen LogP contribution in [-0.2, 0) is 6.42 Å². The molecule has 0 spiro atoms. The summed E-state index contributed by atoms with van der Waals surface area (Å²) in [5, 5.41) is 15.7.